The van der Waals surface area contributed by atoms with Crippen molar-refractivity contribution < 1.29 is 5.11 Å². The molecule has 0 aliphatic heterocycles. The Morgan fingerprint density at radius 3 is 2.33 bits per heavy atom. The molecule has 1 heteroatoms. The van der Waals surface area contributed by atoms with E-state index in [9.17, 15) is 5.11 Å². The monoisotopic (exact) mass is 254 g/mol. The van der Waals surface area contributed by atoms with Gasteiger partial charge in [-0.1, -0.05) is 72.5 Å². The summed E-state index contributed by atoms with van der Waals surface area (Å²) in [5.74, 6) is 0.702. The molecule has 0 radical (unpaired) electrons. The number of unbranched alkanes of at least 4 members (excludes halogenated alkanes) is 3. The molecule has 0 aliphatic carbocycles. The Hall–Kier alpha value is -0.300. The van der Waals surface area contributed by atoms with Crippen LogP contribution in [0.4, 0.5) is 0 Å². The van der Waals surface area contributed by atoms with Crippen LogP contribution in [0.2, 0.25) is 0 Å². The minimum atomic E-state index is -0.233. The van der Waals surface area contributed by atoms with E-state index in [0.29, 0.717) is 11.3 Å². The number of aliphatic hydroxyl groups is 1. The highest BCUT2D eigenvalue weighted by Gasteiger charge is 2.14. The van der Waals surface area contributed by atoms with Gasteiger partial charge < -0.3 is 5.11 Å². The van der Waals surface area contributed by atoms with Crippen LogP contribution in [0, 0.1) is 11.3 Å². The minimum Gasteiger partial charge on any atom is -0.389 e. The molecule has 108 valence electrons. The fourth-order valence-corrected chi connectivity index (χ4v) is 2.47. The third-order valence-corrected chi connectivity index (χ3v) is 3.21. The van der Waals surface area contributed by atoms with Crippen molar-refractivity contribution in [1.82, 2.24) is 0 Å². The molecule has 1 N–H and O–H groups in total. The number of allylic oxidation sites excluding steroid dienone is 1. The van der Waals surface area contributed by atoms with Gasteiger partial charge in [0, 0.05) is 0 Å². The molecule has 2 unspecified atom stereocenters. The fourth-order valence-electron chi connectivity index (χ4n) is 2.47. The van der Waals surface area contributed by atoms with E-state index >= 15 is 0 Å². The van der Waals surface area contributed by atoms with E-state index in [0.717, 1.165) is 19.3 Å². The van der Waals surface area contributed by atoms with Gasteiger partial charge in [0.15, 0.2) is 0 Å². The maximum absolute atomic E-state index is 9.81. The predicted molar refractivity (Wildman–Crippen MR) is 81.8 cm³/mol. The Bertz CT molecular complexity index is 212. The SMILES string of the molecule is CCCCCCC(O)C=CCC(C)CC(C)(C)C. The minimum absolute atomic E-state index is 0.233. The first-order valence-electron chi connectivity index (χ1n) is 7.70. The van der Waals surface area contributed by atoms with Gasteiger partial charge in [0.25, 0.3) is 0 Å². The molecule has 0 heterocycles. The maximum atomic E-state index is 9.81. The lowest BCUT2D eigenvalue weighted by Gasteiger charge is -2.22. The third-order valence-electron chi connectivity index (χ3n) is 3.21. The number of aliphatic hydroxyl groups excluding tert-OH is 1. The lowest BCUT2D eigenvalue weighted by atomic mass is 9.84. The van der Waals surface area contributed by atoms with Gasteiger partial charge in [-0.25, -0.2) is 0 Å². The summed E-state index contributed by atoms with van der Waals surface area (Å²) in [6.07, 6.45) is 12.1. The van der Waals surface area contributed by atoms with Crippen molar-refractivity contribution in [3.8, 4) is 0 Å². The quantitative estimate of drug-likeness (QED) is 0.435. The van der Waals surface area contributed by atoms with Gasteiger partial charge in [-0.05, 0) is 30.6 Å². The lowest BCUT2D eigenvalue weighted by molar-refractivity contribution is 0.207. The Kier molecular flexibility index (Phi) is 9.45. The van der Waals surface area contributed by atoms with Gasteiger partial charge in [-0.3, -0.25) is 0 Å². The third kappa shape index (κ3) is 12.2. The van der Waals surface area contributed by atoms with Crippen LogP contribution in [0.15, 0.2) is 12.2 Å². The molecule has 0 bridgehead atoms. The summed E-state index contributed by atoms with van der Waals surface area (Å²) in [6.45, 7) is 11.4. The molecule has 1 nitrogen and oxygen atoms in total. The Balaban J connectivity index is 3.67. The van der Waals surface area contributed by atoms with E-state index in [2.05, 4.69) is 40.7 Å². The van der Waals surface area contributed by atoms with E-state index < -0.39 is 0 Å². The smallest absolute Gasteiger partial charge is 0.0720 e. The van der Waals surface area contributed by atoms with Crippen LogP contribution in [0.1, 0.15) is 79.6 Å². The van der Waals surface area contributed by atoms with E-state index in [-0.39, 0.29) is 6.10 Å². The first kappa shape index (κ1) is 17.7. The molecule has 18 heavy (non-hydrogen) atoms. The first-order chi connectivity index (χ1) is 8.35. The summed E-state index contributed by atoms with van der Waals surface area (Å²) in [7, 11) is 0. The van der Waals surface area contributed by atoms with Crippen LogP contribution < -0.4 is 0 Å². The van der Waals surface area contributed by atoms with Gasteiger partial charge in [-0.15, -0.1) is 0 Å². The van der Waals surface area contributed by atoms with Crippen molar-refractivity contribution in [2.24, 2.45) is 11.3 Å². The zero-order valence-corrected chi connectivity index (χ0v) is 13.2. The van der Waals surface area contributed by atoms with Crippen molar-refractivity contribution in [2.45, 2.75) is 85.7 Å². The maximum Gasteiger partial charge on any atom is 0.0720 e. The molecule has 0 saturated heterocycles. The molecular weight excluding hydrogens is 220 g/mol. The highest BCUT2D eigenvalue weighted by molar-refractivity contribution is 4.89. The van der Waals surface area contributed by atoms with E-state index in [1.807, 2.05) is 6.08 Å². The molecule has 0 spiro atoms. The van der Waals surface area contributed by atoms with Crippen LogP contribution in [0.25, 0.3) is 0 Å². The van der Waals surface area contributed by atoms with Crippen molar-refractivity contribution in [1.29, 1.82) is 0 Å². The van der Waals surface area contributed by atoms with Crippen LogP contribution in [-0.4, -0.2) is 11.2 Å². The zero-order chi connectivity index (χ0) is 14.0. The van der Waals surface area contributed by atoms with Crippen LogP contribution in [0.5, 0.6) is 0 Å². The normalized spacial score (nSPS) is 16.1. The number of rotatable bonds is 9. The molecule has 0 rings (SSSR count). The van der Waals surface area contributed by atoms with Crippen molar-refractivity contribution in [3.05, 3.63) is 12.2 Å². The second-order valence-corrected chi connectivity index (χ2v) is 6.95. The first-order valence-corrected chi connectivity index (χ1v) is 7.70. The Labute approximate surface area is 115 Å². The van der Waals surface area contributed by atoms with Crippen LogP contribution in [-0.2, 0) is 0 Å². The highest BCUT2D eigenvalue weighted by atomic mass is 16.3. The van der Waals surface area contributed by atoms with Crippen LogP contribution in [0.3, 0.4) is 0 Å². The fraction of sp³-hybridized carbons (Fsp3) is 0.882. The second kappa shape index (κ2) is 9.61. The van der Waals surface area contributed by atoms with E-state index in [1.165, 1.54) is 25.7 Å². The molecule has 0 amide bonds. The topological polar surface area (TPSA) is 20.2 Å². The molecule has 0 fully saturated rings. The highest BCUT2D eigenvalue weighted by Crippen LogP contribution is 2.26. The van der Waals surface area contributed by atoms with E-state index in [1.54, 1.807) is 0 Å². The standard InChI is InChI=1S/C17H34O/c1-6-7-8-9-12-16(18)13-10-11-15(2)14-17(3,4)5/h10,13,15-16,18H,6-9,11-12,14H2,1-5H3. The number of hydrogen-bond acceptors (Lipinski definition) is 1. The number of hydrogen-bond donors (Lipinski definition) is 1. The Morgan fingerprint density at radius 1 is 1.11 bits per heavy atom. The average Bonchev–Trinajstić information content (AvgIpc) is 2.22. The van der Waals surface area contributed by atoms with Gasteiger partial charge >= 0.3 is 0 Å². The van der Waals surface area contributed by atoms with Gasteiger partial charge in [0.2, 0.25) is 0 Å². The summed E-state index contributed by atoms with van der Waals surface area (Å²) in [5, 5.41) is 9.81. The van der Waals surface area contributed by atoms with Crippen LogP contribution >= 0.6 is 0 Å². The average molecular weight is 254 g/mol. The Morgan fingerprint density at radius 2 is 1.78 bits per heavy atom. The summed E-state index contributed by atoms with van der Waals surface area (Å²) < 4.78 is 0. The summed E-state index contributed by atoms with van der Waals surface area (Å²) >= 11 is 0. The van der Waals surface area contributed by atoms with Gasteiger partial charge in [0.1, 0.15) is 0 Å². The molecule has 0 saturated carbocycles. The van der Waals surface area contributed by atoms with E-state index in [4.69, 9.17) is 0 Å². The van der Waals surface area contributed by atoms with Crippen molar-refractivity contribution >= 4 is 0 Å². The predicted octanol–water partition coefficient (Wildman–Crippen LogP) is 5.34. The van der Waals surface area contributed by atoms with Crippen molar-refractivity contribution in [3.63, 3.8) is 0 Å². The van der Waals surface area contributed by atoms with Gasteiger partial charge in [-0.2, -0.15) is 0 Å². The molecule has 2 atom stereocenters. The molecular formula is C17H34O. The summed E-state index contributed by atoms with van der Waals surface area (Å²) in [6, 6.07) is 0. The molecule has 0 aromatic heterocycles. The molecule has 0 aromatic carbocycles. The van der Waals surface area contributed by atoms with Crippen molar-refractivity contribution in [2.75, 3.05) is 0 Å². The summed E-state index contributed by atoms with van der Waals surface area (Å²) in [5.41, 5.74) is 0.409. The largest absolute Gasteiger partial charge is 0.389 e. The zero-order valence-electron chi connectivity index (χ0n) is 13.2. The lowest BCUT2D eigenvalue weighted by Crippen LogP contribution is -2.10. The molecule has 0 aliphatic rings. The summed E-state index contributed by atoms with van der Waals surface area (Å²) in [4.78, 5) is 0. The molecule has 0 aromatic rings. The second-order valence-electron chi connectivity index (χ2n) is 6.95. The van der Waals surface area contributed by atoms with Gasteiger partial charge in [0.05, 0.1) is 6.10 Å².